The van der Waals surface area contributed by atoms with E-state index in [0.717, 1.165) is 94.3 Å². The maximum Gasteiger partial charge on any atom is 0.135 e. The molecule has 10 aromatic carbocycles. The number of anilines is 4. The summed E-state index contributed by atoms with van der Waals surface area (Å²) in [6, 6.07) is 84.5. The first kappa shape index (κ1) is 52.6. The molecular formula is C79H68N5OPt-3. The Bertz CT molecular complexity index is 4780. The van der Waals surface area contributed by atoms with Gasteiger partial charge in [0.1, 0.15) is 5.82 Å². The van der Waals surface area contributed by atoms with E-state index < -0.39 is 6.85 Å². The van der Waals surface area contributed by atoms with Crippen LogP contribution in [0.5, 0.6) is 11.5 Å². The Morgan fingerprint density at radius 3 is 1.58 bits per heavy atom. The van der Waals surface area contributed by atoms with Gasteiger partial charge in [0.25, 0.3) is 0 Å². The molecule has 428 valence electrons. The Hall–Kier alpha value is -8.96. The number of ether oxygens (including phenoxy) is 1. The number of rotatable bonds is 9. The van der Waals surface area contributed by atoms with Crippen molar-refractivity contribution in [2.75, 3.05) is 9.80 Å². The maximum atomic E-state index is 8.29. The average Bonchev–Trinajstić information content (AvgIpc) is 1.79. The van der Waals surface area contributed by atoms with Gasteiger partial charge in [0.05, 0.1) is 0 Å². The fourth-order valence-electron chi connectivity index (χ4n) is 12.2. The summed E-state index contributed by atoms with van der Waals surface area (Å²) in [6.45, 7) is 20.7. The van der Waals surface area contributed by atoms with Crippen LogP contribution in [-0.4, -0.2) is 14.1 Å². The first-order chi connectivity index (χ1) is 42.2. The molecule has 0 unspecified atom stereocenters. The molecule has 0 fully saturated rings. The van der Waals surface area contributed by atoms with Crippen molar-refractivity contribution in [3.05, 3.63) is 266 Å². The van der Waals surface area contributed by atoms with E-state index in [9.17, 15) is 0 Å². The van der Waals surface area contributed by atoms with Gasteiger partial charge in [-0.3, -0.25) is 0 Å². The van der Waals surface area contributed by atoms with Crippen LogP contribution < -0.4 is 14.5 Å². The second kappa shape index (κ2) is 21.5. The zero-order chi connectivity index (χ0) is 61.0. The second-order valence-electron chi connectivity index (χ2n) is 25.6. The van der Waals surface area contributed by atoms with Gasteiger partial charge in [0.15, 0.2) is 0 Å². The van der Waals surface area contributed by atoms with E-state index in [0.29, 0.717) is 22.8 Å². The maximum absolute atomic E-state index is 8.29. The Morgan fingerprint density at radius 1 is 0.442 bits per heavy atom. The third-order valence-electron chi connectivity index (χ3n) is 16.8. The quantitative estimate of drug-likeness (QED) is 0.135. The predicted molar refractivity (Wildman–Crippen MR) is 356 cm³/mol. The van der Waals surface area contributed by atoms with E-state index in [1.807, 2.05) is 28.8 Å². The van der Waals surface area contributed by atoms with Gasteiger partial charge in [0.2, 0.25) is 0 Å². The molecule has 13 aromatic rings. The Morgan fingerprint density at radius 2 is 0.965 bits per heavy atom. The van der Waals surface area contributed by atoms with Crippen molar-refractivity contribution in [1.82, 2.24) is 14.1 Å². The molecule has 1 aliphatic heterocycles. The van der Waals surface area contributed by atoms with Crippen LogP contribution in [0.25, 0.3) is 88.5 Å². The third-order valence-corrected chi connectivity index (χ3v) is 16.8. The molecule has 86 heavy (non-hydrogen) atoms. The molecule has 1 aliphatic rings. The van der Waals surface area contributed by atoms with Crippen molar-refractivity contribution in [2.24, 2.45) is 0 Å². The van der Waals surface area contributed by atoms with Crippen LogP contribution in [0.2, 0.25) is 0 Å². The molecular weight excluding hydrogens is 1230 g/mol. The number of benzene rings is 10. The molecule has 0 atom stereocenters. The van der Waals surface area contributed by atoms with Crippen molar-refractivity contribution in [3.8, 4) is 56.4 Å². The zero-order valence-corrected chi connectivity index (χ0v) is 52.2. The van der Waals surface area contributed by atoms with Gasteiger partial charge in [-0.2, -0.15) is 6.07 Å². The van der Waals surface area contributed by atoms with Crippen LogP contribution in [0, 0.1) is 25.7 Å². The van der Waals surface area contributed by atoms with E-state index in [1.165, 1.54) is 22.3 Å². The monoisotopic (exact) mass is 1300 g/mol. The minimum atomic E-state index is -2.33. The van der Waals surface area contributed by atoms with Crippen LogP contribution in [0.15, 0.2) is 225 Å². The van der Waals surface area contributed by atoms with Gasteiger partial charge in [-0.05, 0) is 133 Å². The van der Waals surface area contributed by atoms with E-state index in [2.05, 4.69) is 277 Å². The normalized spacial score (nSPS) is 13.5. The summed E-state index contributed by atoms with van der Waals surface area (Å²) in [6.07, 6.45) is 1.56. The summed E-state index contributed by atoms with van der Waals surface area (Å²) in [4.78, 5) is 9.38. The Balaban J connectivity index is 0.00000729. The molecule has 0 bridgehead atoms. The number of fused-ring (bicyclic) bond motifs is 7. The van der Waals surface area contributed by atoms with Crippen molar-refractivity contribution in [2.45, 2.75) is 85.4 Å². The van der Waals surface area contributed by atoms with E-state index in [4.69, 9.17) is 13.8 Å². The molecule has 7 heteroatoms. The molecule has 0 radical (unpaired) electrons. The summed E-state index contributed by atoms with van der Waals surface area (Å²) in [5.74, 6) is 1.41. The summed E-state index contributed by atoms with van der Waals surface area (Å²) in [5, 5.41) is 4.15. The molecule has 0 saturated carbocycles. The van der Waals surface area contributed by atoms with Crippen molar-refractivity contribution >= 4 is 66.4 Å². The number of hydrogen-bond acceptors (Lipinski definition) is 4. The summed E-state index contributed by atoms with van der Waals surface area (Å²) in [7, 11) is 0. The summed E-state index contributed by atoms with van der Waals surface area (Å²) in [5.41, 5.74) is 18.7. The predicted octanol–water partition coefficient (Wildman–Crippen LogP) is 21.3. The van der Waals surface area contributed by atoms with Gasteiger partial charge in [-0.1, -0.05) is 207 Å². The molecule has 3 aromatic heterocycles. The number of aryl methyl sites for hydroxylation is 1. The van der Waals surface area contributed by atoms with Gasteiger partial charge < -0.3 is 23.7 Å². The molecule has 6 nitrogen and oxygen atoms in total. The molecule has 4 heterocycles. The first-order valence-corrected chi connectivity index (χ1v) is 29.3. The fraction of sp³-hybridized carbons (Fsp3) is 0.165. The van der Waals surface area contributed by atoms with Crippen LogP contribution in [-0.2, 0) is 37.3 Å². The third kappa shape index (κ3) is 9.98. The Labute approximate surface area is 524 Å². The molecule has 0 saturated heterocycles. The smallest absolute Gasteiger partial charge is 0.135 e. The van der Waals surface area contributed by atoms with Gasteiger partial charge in [-0.25, -0.2) is 4.98 Å². The topological polar surface area (TPSA) is 38.5 Å². The minimum Gasteiger partial charge on any atom is -0.507 e. The van der Waals surface area contributed by atoms with Crippen molar-refractivity contribution in [3.63, 3.8) is 0 Å². The second-order valence-corrected chi connectivity index (χ2v) is 25.6. The molecule has 0 aliphatic carbocycles. The van der Waals surface area contributed by atoms with Crippen molar-refractivity contribution < 1.29 is 29.9 Å². The number of para-hydroxylation sites is 5. The van der Waals surface area contributed by atoms with Crippen LogP contribution in [0.3, 0.4) is 0 Å². The molecule has 0 spiro atoms. The standard InChI is InChI=1S/C79H68N5O.Pt/c1-51-40-41-80-75(42-51)84-69-29-19-16-26-63(69)64-38-37-60(49-73(64)84)85-74-48-59(36-39-72(74)83-67-27-17-14-24-61(67)62-25-15-18-28-68(62)83)81-50-82(71-31-21-20-30-70(71)81)76-65(54-34-32-53(33-35-54)52-22-12-11-13-23-52)46-58(79(8,9)10)47-66(76)55-43-56(77(2,3)4)45-57(44-55)78(5,6)7;/h11-47,50H,1-10H3;/q-3;/i1D3;. The SMILES string of the molecule is [2H]C([2H])([2H])c1ccnc(-n2c3[c-]c(Oc4[c-]c(N5[CH-]N(c6c(-c7ccc(-c8ccccc8)cc7)cc(C(C)(C)C)cc6-c6cc(C(C)(C)C)cc(C(C)(C)C)c6)c6ccccc65)ccc4-n4c5ccccc5c5ccccc54)ccc3c3ccccc32)c1.[Pt]. The van der Waals surface area contributed by atoms with Crippen molar-refractivity contribution in [1.29, 1.82) is 0 Å². The zero-order valence-electron chi connectivity index (χ0n) is 52.9. The number of aromatic nitrogens is 3. The van der Waals surface area contributed by atoms with Crippen LogP contribution in [0.4, 0.5) is 22.7 Å². The summed E-state index contributed by atoms with van der Waals surface area (Å²) >= 11 is 0. The largest absolute Gasteiger partial charge is 0.507 e. The molecule has 0 amide bonds. The minimum absolute atomic E-state index is 0. The van der Waals surface area contributed by atoms with Crippen LogP contribution >= 0.6 is 0 Å². The van der Waals surface area contributed by atoms with E-state index in [-0.39, 0.29) is 42.9 Å². The van der Waals surface area contributed by atoms with E-state index in [1.54, 1.807) is 18.3 Å². The Kier molecular flexibility index (Phi) is 13.2. The fourth-order valence-corrected chi connectivity index (χ4v) is 12.2. The average molecular weight is 1300 g/mol. The van der Waals surface area contributed by atoms with Crippen LogP contribution in [0.1, 0.15) is 88.7 Å². The number of pyridine rings is 1. The van der Waals surface area contributed by atoms with Gasteiger partial charge >= 0.3 is 0 Å². The van der Waals surface area contributed by atoms with Gasteiger partial charge in [-0.15, -0.1) is 48.1 Å². The number of nitrogens with zero attached hydrogens (tertiary/aromatic N) is 5. The summed E-state index contributed by atoms with van der Waals surface area (Å²) < 4.78 is 36.4. The first-order valence-electron chi connectivity index (χ1n) is 30.8. The van der Waals surface area contributed by atoms with Gasteiger partial charge in [0, 0.05) is 98.4 Å². The molecule has 14 rings (SSSR count). The number of hydrogen-bond donors (Lipinski definition) is 0. The molecule has 0 N–H and O–H groups in total. The van der Waals surface area contributed by atoms with E-state index >= 15 is 0 Å².